The second kappa shape index (κ2) is 5.66. The van der Waals surface area contributed by atoms with Gasteiger partial charge in [-0.3, -0.25) is 0 Å². The Balaban J connectivity index is 2.45. The van der Waals surface area contributed by atoms with Crippen molar-refractivity contribution in [3.05, 3.63) is 11.3 Å². The lowest BCUT2D eigenvalue weighted by molar-refractivity contribution is 0.691. The lowest BCUT2D eigenvalue weighted by Gasteiger charge is -2.08. The Kier molecular flexibility index (Phi) is 4.81. The third kappa shape index (κ3) is 3.31. The minimum absolute atomic E-state index is 0.775. The van der Waals surface area contributed by atoms with Gasteiger partial charge in [0, 0.05) is 12.2 Å². The number of thiol groups is 1. The lowest BCUT2D eigenvalue weighted by atomic mass is 10.2. The fourth-order valence-electron chi connectivity index (χ4n) is 1.59. The maximum absolute atomic E-state index is 5.08. The topological polar surface area (TPSA) is 12.0 Å². The van der Waals surface area contributed by atoms with E-state index in [4.69, 9.17) is 12.2 Å². The molecule has 0 radical (unpaired) electrons. The molecule has 1 rings (SSSR count). The van der Waals surface area contributed by atoms with Crippen molar-refractivity contribution in [1.29, 1.82) is 0 Å². The van der Waals surface area contributed by atoms with Crippen LogP contribution in [-0.2, 0) is 0 Å². The summed E-state index contributed by atoms with van der Waals surface area (Å²) in [5, 5.41) is 3.46. The number of rotatable bonds is 5. The lowest BCUT2D eigenvalue weighted by Crippen LogP contribution is -2.15. The Morgan fingerprint density at radius 2 is 2.31 bits per heavy atom. The van der Waals surface area contributed by atoms with Crippen molar-refractivity contribution >= 4 is 29.0 Å². The zero-order chi connectivity index (χ0) is 9.68. The standard InChI is InChI=1S/C10H17NS2/c1-2-3-7-11-9-6-4-5-8(9)10(12)13/h11H,2-7H2,1H3,(H,12,13). The Hall–Kier alpha value is -0.0200. The van der Waals surface area contributed by atoms with Gasteiger partial charge >= 0.3 is 0 Å². The van der Waals surface area contributed by atoms with Gasteiger partial charge in [-0.25, -0.2) is 0 Å². The number of hydrogen-bond donors (Lipinski definition) is 2. The van der Waals surface area contributed by atoms with E-state index in [9.17, 15) is 0 Å². The van der Waals surface area contributed by atoms with Crippen LogP contribution in [0.3, 0.4) is 0 Å². The first-order valence-electron chi connectivity index (χ1n) is 4.95. The summed E-state index contributed by atoms with van der Waals surface area (Å²) in [6.45, 7) is 3.28. The van der Waals surface area contributed by atoms with Crippen molar-refractivity contribution in [3.63, 3.8) is 0 Å². The van der Waals surface area contributed by atoms with Crippen LogP contribution in [0.2, 0.25) is 0 Å². The molecule has 0 bridgehead atoms. The van der Waals surface area contributed by atoms with Gasteiger partial charge in [-0.05, 0) is 31.3 Å². The van der Waals surface area contributed by atoms with Gasteiger partial charge in [0.15, 0.2) is 0 Å². The maximum Gasteiger partial charge on any atom is 0.0724 e. The van der Waals surface area contributed by atoms with Crippen LogP contribution in [0, 0.1) is 0 Å². The van der Waals surface area contributed by atoms with Crippen LogP contribution in [0.25, 0.3) is 0 Å². The summed E-state index contributed by atoms with van der Waals surface area (Å²) in [6.07, 6.45) is 5.96. The molecule has 1 aliphatic carbocycles. The molecule has 0 aliphatic heterocycles. The minimum Gasteiger partial charge on any atom is -0.388 e. The monoisotopic (exact) mass is 215 g/mol. The van der Waals surface area contributed by atoms with Gasteiger partial charge in [0.2, 0.25) is 0 Å². The van der Waals surface area contributed by atoms with Crippen molar-refractivity contribution in [2.75, 3.05) is 6.54 Å². The Bertz CT molecular complexity index is 221. The molecule has 0 aromatic heterocycles. The number of thiocarbonyl (C=S) groups is 1. The summed E-state index contributed by atoms with van der Waals surface area (Å²) >= 11 is 9.31. The Labute approximate surface area is 91.4 Å². The number of nitrogens with one attached hydrogen (secondary N) is 1. The predicted molar refractivity (Wildman–Crippen MR) is 65.4 cm³/mol. The Morgan fingerprint density at radius 3 is 2.92 bits per heavy atom. The summed E-state index contributed by atoms with van der Waals surface area (Å²) in [5.41, 5.74) is 2.61. The van der Waals surface area contributed by atoms with Gasteiger partial charge in [-0.2, -0.15) is 0 Å². The van der Waals surface area contributed by atoms with E-state index in [1.54, 1.807) is 0 Å². The number of allylic oxidation sites excluding steroid dienone is 1. The summed E-state index contributed by atoms with van der Waals surface area (Å²) in [4.78, 5) is 0. The highest BCUT2D eigenvalue weighted by Crippen LogP contribution is 2.26. The highest BCUT2D eigenvalue weighted by Gasteiger charge is 2.15. The summed E-state index contributed by atoms with van der Waals surface area (Å²) in [7, 11) is 0. The average Bonchev–Trinajstić information content (AvgIpc) is 2.53. The first kappa shape index (κ1) is 11.1. The highest BCUT2D eigenvalue weighted by atomic mass is 32.1. The van der Waals surface area contributed by atoms with Gasteiger partial charge in [0.25, 0.3) is 0 Å². The van der Waals surface area contributed by atoms with Crippen molar-refractivity contribution < 1.29 is 0 Å². The van der Waals surface area contributed by atoms with E-state index in [-0.39, 0.29) is 0 Å². The van der Waals surface area contributed by atoms with Crippen LogP contribution in [0.4, 0.5) is 0 Å². The molecule has 0 heterocycles. The van der Waals surface area contributed by atoms with E-state index < -0.39 is 0 Å². The molecule has 0 unspecified atom stereocenters. The summed E-state index contributed by atoms with van der Waals surface area (Å²) in [5.74, 6) is 0. The second-order valence-corrected chi connectivity index (χ2v) is 4.55. The van der Waals surface area contributed by atoms with Crippen molar-refractivity contribution in [2.45, 2.75) is 39.0 Å². The van der Waals surface area contributed by atoms with E-state index in [0.29, 0.717) is 0 Å². The third-order valence-electron chi connectivity index (χ3n) is 2.34. The quantitative estimate of drug-likeness (QED) is 0.415. The number of unbranched alkanes of at least 4 members (excludes halogenated alkanes) is 1. The molecule has 13 heavy (non-hydrogen) atoms. The predicted octanol–water partition coefficient (Wildman–Crippen LogP) is 3.07. The van der Waals surface area contributed by atoms with Crippen molar-refractivity contribution in [2.24, 2.45) is 0 Å². The van der Waals surface area contributed by atoms with E-state index in [1.165, 1.54) is 30.5 Å². The van der Waals surface area contributed by atoms with Gasteiger partial charge in [-0.15, -0.1) is 12.6 Å². The van der Waals surface area contributed by atoms with Gasteiger partial charge in [0.05, 0.1) is 4.20 Å². The van der Waals surface area contributed by atoms with Crippen LogP contribution >= 0.6 is 24.8 Å². The van der Waals surface area contributed by atoms with Crippen LogP contribution < -0.4 is 5.32 Å². The Morgan fingerprint density at radius 1 is 1.54 bits per heavy atom. The largest absolute Gasteiger partial charge is 0.388 e. The van der Waals surface area contributed by atoms with E-state index in [2.05, 4.69) is 24.9 Å². The van der Waals surface area contributed by atoms with Crippen LogP contribution in [-0.4, -0.2) is 10.7 Å². The normalized spacial score (nSPS) is 16.5. The van der Waals surface area contributed by atoms with E-state index in [0.717, 1.165) is 23.6 Å². The molecule has 0 spiro atoms. The molecule has 3 heteroatoms. The molecule has 0 atom stereocenters. The van der Waals surface area contributed by atoms with E-state index in [1.807, 2.05) is 0 Å². The maximum atomic E-state index is 5.08. The van der Waals surface area contributed by atoms with Crippen LogP contribution in [0.5, 0.6) is 0 Å². The van der Waals surface area contributed by atoms with Crippen molar-refractivity contribution in [1.82, 2.24) is 5.32 Å². The third-order valence-corrected chi connectivity index (χ3v) is 2.86. The van der Waals surface area contributed by atoms with Crippen LogP contribution in [0.1, 0.15) is 39.0 Å². The molecule has 0 fully saturated rings. The molecule has 1 nitrogen and oxygen atoms in total. The zero-order valence-electron chi connectivity index (χ0n) is 8.10. The van der Waals surface area contributed by atoms with Gasteiger partial charge < -0.3 is 5.32 Å². The first-order valence-corrected chi connectivity index (χ1v) is 5.80. The molecule has 0 saturated heterocycles. The van der Waals surface area contributed by atoms with Crippen molar-refractivity contribution in [3.8, 4) is 0 Å². The molecule has 1 N–H and O–H groups in total. The molecule has 0 aromatic carbocycles. The first-order chi connectivity index (χ1) is 6.25. The fourth-order valence-corrected chi connectivity index (χ4v) is 2.06. The number of hydrogen-bond acceptors (Lipinski definition) is 2. The SMILES string of the molecule is CCCCNC1=C(C(=S)S)CCC1. The smallest absolute Gasteiger partial charge is 0.0724 e. The molecule has 74 valence electrons. The molecule has 1 aliphatic rings. The van der Waals surface area contributed by atoms with Gasteiger partial charge in [0.1, 0.15) is 0 Å². The van der Waals surface area contributed by atoms with Gasteiger partial charge in [-0.1, -0.05) is 25.6 Å². The highest BCUT2D eigenvalue weighted by molar-refractivity contribution is 8.11. The molecular weight excluding hydrogens is 198 g/mol. The molecule has 0 aromatic rings. The molecular formula is C10H17NS2. The van der Waals surface area contributed by atoms with E-state index >= 15 is 0 Å². The molecule has 0 amide bonds. The summed E-state index contributed by atoms with van der Waals surface area (Å²) in [6, 6.07) is 0. The summed E-state index contributed by atoms with van der Waals surface area (Å²) < 4.78 is 0.775. The average molecular weight is 215 g/mol. The fraction of sp³-hybridized carbons (Fsp3) is 0.700. The molecule has 0 saturated carbocycles. The second-order valence-electron chi connectivity index (χ2n) is 3.40. The van der Waals surface area contributed by atoms with Crippen LogP contribution in [0.15, 0.2) is 11.3 Å². The minimum atomic E-state index is 0.775. The zero-order valence-corrected chi connectivity index (χ0v) is 9.81.